The number of carbonyl (C=O) groups excluding carboxylic acids is 1. The minimum absolute atomic E-state index is 0. The van der Waals surface area contributed by atoms with Gasteiger partial charge in [-0.15, -0.1) is 12.4 Å². The molecule has 3 N–H and O–H groups in total. The number of hydrogen-bond acceptors (Lipinski definition) is 4. The van der Waals surface area contributed by atoms with Gasteiger partial charge in [-0.05, 0) is 29.7 Å². The lowest BCUT2D eigenvalue weighted by Crippen LogP contribution is -2.34. The van der Waals surface area contributed by atoms with E-state index in [1.165, 1.54) is 0 Å². The van der Waals surface area contributed by atoms with Gasteiger partial charge in [-0.1, -0.05) is 36.4 Å². The van der Waals surface area contributed by atoms with Gasteiger partial charge in [-0.2, -0.15) is 0 Å². The molecule has 0 saturated heterocycles. The van der Waals surface area contributed by atoms with Crippen LogP contribution >= 0.6 is 12.4 Å². The number of nitrogens with two attached hydrogens (primary N) is 1. The van der Waals surface area contributed by atoms with Crippen molar-refractivity contribution in [2.24, 2.45) is 5.73 Å². The van der Waals surface area contributed by atoms with Gasteiger partial charge in [0, 0.05) is 13.1 Å². The van der Waals surface area contributed by atoms with Crippen LogP contribution in [0.5, 0.6) is 11.5 Å². The summed E-state index contributed by atoms with van der Waals surface area (Å²) in [5.41, 5.74) is 7.82. The number of halogens is 1. The Labute approximate surface area is 153 Å². The van der Waals surface area contributed by atoms with Crippen molar-refractivity contribution in [3.05, 3.63) is 59.7 Å². The summed E-state index contributed by atoms with van der Waals surface area (Å²) in [5, 5.41) is 2.97. The Morgan fingerprint density at radius 1 is 1.08 bits per heavy atom. The average Bonchev–Trinajstić information content (AvgIpc) is 2.63. The van der Waals surface area contributed by atoms with E-state index in [0.717, 1.165) is 29.0 Å². The van der Waals surface area contributed by atoms with Crippen molar-refractivity contribution in [3.8, 4) is 11.5 Å². The highest BCUT2D eigenvalue weighted by molar-refractivity contribution is 5.85. The lowest BCUT2D eigenvalue weighted by molar-refractivity contribution is -0.122. The summed E-state index contributed by atoms with van der Waals surface area (Å²) < 4.78 is 11.1. The van der Waals surface area contributed by atoms with Gasteiger partial charge in [0.1, 0.15) is 13.2 Å². The first kappa shape index (κ1) is 19.1. The molecule has 2 aromatic carbocycles. The highest BCUT2D eigenvalue weighted by atomic mass is 35.5. The molecule has 25 heavy (non-hydrogen) atoms. The minimum atomic E-state index is -0.313. The van der Waals surface area contributed by atoms with Crippen LogP contribution in [0.2, 0.25) is 0 Å². The summed E-state index contributed by atoms with van der Waals surface area (Å²) in [6, 6.07) is 15.5. The molecule has 1 aliphatic rings. The molecule has 6 heteroatoms. The first-order valence-corrected chi connectivity index (χ1v) is 8.19. The molecular formula is C19H23ClN2O3. The standard InChI is InChI=1S/C19H22N2O3.ClH/c20-13-16(15-4-2-1-3-5-15)19(22)21-9-8-14-6-7-17-18(12-14)24-11-10-23-17;/h1-7,12,16H,8-11,13,20H2,(H,21,22);1H. The summed E-state index contributed by atoms with van der Waals surface area (Å²) in [7, 11) is 0. The van der Waals surface area contributed by atoms with E-state index in [1.54, 1.807) is 0 Å². The maximum Gasteiger partial charge on any atom is 0.228 e. The molecule has 0 saturated carbocycles. The second kappa shape index (κ2) is 9.30. The summed E-state index contributed by atoms with van der Waals surface area (Å²) in [6.07, 6.45) is 0.731. The molecule has 0 aliphatic carbocycles. The average molecular weight is 363 g/mol. The van der Waals surface area contributed by atoms with Crippen LogP contribution in [0.1, 0.15) is 17.0 Å². The van der Waals surface area contributed by atoms with E-state index in [9.17, 15) is 4.79 Å². The second-order valence-electron chi connectivity index (χ2n) is 5.72. The molecular weight excluding hydrogens is 340 g/mol. The number of hydrogen-bond donors (Lipinski definition) is 2. The van der Waals surface area contributed by atoms with Gasteiger partial charge in [0.2, 0.25) is 5.91 Å². The van der Waals surface area contributed by atoms with E-state index < -0.39 is 0 Å². The minimum Gasteiger partial charge on any atom is -0.486 e. The molecule has 1 aliphatic heterocycles. The van der Waals surface area contributed by atoms with Gasteiger partial charge >= 0.3 is 0 Å². The van der Waals surface area contributed by atoms with Crippen LogP contribution in [0.25, 0.3) is 0 Å². The van der Waals surface area contributed by atoms with E-state index in [2.05, 4.69) is 5.32 Å². The third-order valence-electron chi connectivity index (χ3n) is 4.07. The zero-order valence-corrected chi connectivity index (χ0v) is 14.8. The fourth-order valence-electron chi connectivity index (χ4n) is 2.78. The molecule has 5 nitrogen and oxygen atoms in total. The van der Waals surface area contributed by atoms with Crippen LogP contribution in [-0.4, -0.2) is 32.2 Å². The number of ether oxygens (including phenoxy) is 2. The van der Waals surface area contributed by atoms with Gasteiger partial charge in [-0.25, -0.2) is 0 Å². The van der Waals surface area contributed by atoms with Crippen LogP contribution in [0.4, 0.5) is 0 Å². The Kier molecular flexibility index (Phi) is 7.10. The Morgan fingerprint density at radius 3 is 2.52 bits per heavy atom. The molecule has 134 valence electrons. The third kappa shape index (κ3) is 4.87. The van der Waals surface area contributed by atoms with Crippen LogP contribution in [0.15, 0.2) is 48.5 Å². The summed E-state index contributed by atoms with van der Waals surface area (Å²) >= 11 is 0. The molecule has 0 fully saturated rings. The number of benzene rings is 2. The first-order chi connectivity index (χ1) is 11.8. The monoisotopic (exact) mass is 362 g/mol. The molecule has 0 spiro atoms. The van der Waals surface area contributed by atoms with Crippen molar-refractivity contribution in [1.82, 2.24) is 5.32 Å². The Morgan fingerprint density at radius 2 is 1.80 bits per heavy atom. The quantitative estimate of drug-likeness (QED) is 0.826. The van der Waals surface area contributed by atoms with Crippen LogP contribution in [0.3, 0.4) is 0 Å². The zero-order valence-electron chi connectivity index (χ0n) is 13.9. The first-order valence-electron chi connectivity index (χ1n) is 8.19. The van der Waals surface area contributed by atoms with Crippen molar-refractivity contribution < 1.29 is 14.3 Å². The zero-order chi connectivity index (χ0) is 16.8. The number of rotatable bonds is 6. The van der Waals surface area contributed by atoms with Gasteiger partial charge in [-0.3, -0.25) is 4.79 Å². The van der Waals surface area contributed by atoms with Crippen molar-refractivity contribution >= 4 is 18.3 Å². The van der Waals surface area contributed by atoms with Crippen molar-refractivity contribution in [3.63, 3.8) is 0 Å². The SMILES string of the molecule is Cl.NCC(C(=O)NCCc1ccc2c(c1)OCCO2)c1ccccc1. The third-order valence-corrected chi connectivity index (χ3v) is 4.07. The lowest BCUT2D eigenvalue weighted by Gasteiger charge is -2.19. The van der Waals surface area contributed by atoms with E-state index >= 15 is 0 Å². The maximum atomic E-state index is 12.4. The van der Waals surface area contributed by atoms with E-state index in [4.69, 9.17) is 15.2 Å². The molecule has 0 aromatic heterocycles. The molecule has 0 bridgehead atoms. The largest absolute Gasteiger partial charge is 0.486 e. The van der Waals surface area contributed by atoms with Gasteiger partial charge in [0.05, 0.1) is 5.92 Å². The van der Waals surface area contributed by atoms with E-state index in [1.807, 2.05) is 48.5 Å². The Balaban J connectivity index is 0.00000225. The summed E-state index contributed by atoms with van der Waals surface area (Å²) in [6.45, 7) is 2.01. The van der Waals surface area contributed by atoms with Crippen LogP contribution in [0, 0.1) is 0 Å². The van der Waals surface area contributed by atoms with Crippen molar-refractivity contribution in [1.29, 1.82) is 0 Å². The number of nitrogens with one attached hydrogen (secondary N) is 1. The summed E-state index contributed by atoms with van der Waals surface area (Å²) in [4.78, 5) is 12.4. The topological polar surface area (TPSA) is 73.6 Å². The molecule has 1 unspecified atom stereocenters. The predicted octanol–water partition coefficient (Wildman–Crippen LogP) is 2.28. The van der Waals surface area contributed by atoms with Crippen LogP contribution < -0.4 is 20.5 Å². The maximum absolute atomic E-state index is 12.4. The van der Waals surface area contributed by atoms with Gasteiger partial charge in [0.15, 0.2) is 11.5 Å². The molecule has 3 rings (SSSR count). The normalized spacial score (nSPS) is 13.5. The number of carbonyl (C=O) groups is 1. The smallest absolute Gasteiger partial charge is 0.228 e. The fraction of sp³-hybridized carbons (Fsp3) is 0.316. The van der Waals surface area contributed by atoms with Gasteiger partial charge in [0.25, 0.3) is 0 Å². The van der Waals surface area contributed by atoms with Crippen LogP contribution in [-0.2, 0) is 11.2 Å². The van der Waals surface area contributed by atoms with Crippen molar-refractivity contribution in [2.45, 2.75) is 12.3 Å². The second-order valence-corrected chi connectivity index (χ2v) is 5.72. The summed E-state index contributed by atoms with van der Waals surface area (Å²) in [5.74, 6) is 1.20. The molecule has 2 aromatic rings. The molecule has 0 radical (unpaired) electrons. The van der Waals surface area contributed by atoms with Gasteiger partial charge < -0.3 is 20.5 Å². The van der Waals surface area contributed by atoms with Crippen molar-refractivity contribution in [2.75, 3.05) is 26.3 Å². The molecule has 1 heterocycles. The lowest BCUT2D eigenvalue weighted by atomic mass is 9.98. The molecule has 1 atom stereocenters. The Hall–Kier alpha value is -2.24. The number of amides is 1. The van der Waals surface area contributed by atoms with E-state index in [0.29, 0.717) is 26.3 Å². The fourth-order valence-corrected chi connectivity index (χ4v) is 2.78. The Bertz CT molecular complexity index is 694. The predicted molar refractivity (Wildman–Crippen MR) is 99.6 cm³/mol. The highest BCUT2D eigenvalue weighted by Crippen LogP contribution is 2.30. The highest BCUT2D eigenvalue weighted by Gasteiger charge is 2.18. The number of fused-ring (bicyclic) bond motifs is 1. The molecule has 1 amide bonds. The van der Waals surface area contributed by atoms with E-state index in [-0.39, 0.29) is 24.2 Å².